The van der Waals surface area contributed by atoms with E-state index in [0.29, 0.717) is 0 Å². The van der Waals surface area contributed by atoms with Crippen molar-refractivity contribution in [1.82, 2.24) is 0 Å². The van der Waals surface area contributed by atoms with Gasteiger partial charge in [-0.1, -0.05) is 11.8 Å². The van der Waals surface area contributed by atoms with Crippen molar-refractivity contribution < 1.29 is 0 Å². The molecule has 0 fully saturated rings. The van der Waals surface area contributed by atoms with Crippen LogP contribution in [-0.4, -0.2) is 6.01 Å². The van der Waals surface area contributed by atoms with Crippen LogP contribution in [0.4, 0.5) is 0 Å². The molecule has 0 aromatic carbocycles. The van der Waals surface area contributed by atoms with Crippen LogP contribution < -0.4 is 0 Å². The lowest BCUT2D eigenvalue weighted by atomic mass is 10.1. The van der Waals surface area contributed by atoms with Crippen LogP contribution in [0.5, 0.6) is 0 Å². The highest BCUT2D eigenvalue weighted by Gasteiger charge is 2.05. The van der Waals surface area contributed by atoms with Crippen molar-refractivity contribution in [1.29, 1.82) is 0 Å². The molecular weight excluding hydrogens is 208 g/mol. The van der Waals surface area contributed by atoms with Crippen molar-refractivity contribution in [3.05, 3.63) is 64.7 Å². The quantitative estimate of drug-likeness (QED) is 0.385. The molecule has 82 valence electrons. The Kier molecular flexibility index (Phi) is 3.45. The Hall–Kier alpha value is -2.23. The first-order valence-corrected chi connectivity index (χ1v) is 5.51. The van der Waals surface area contributed by atoms with Gasteiger partial charge in [-0.25, -0.2) is 0 Å². The number of aliphatic imine (C=N–C) groups is 2. The molecule has 0 spiro atoms. The molecule has 17 heavy (non-hydrogen) atoms. The molecule has 0 radical (unpaired) electrons. The average molecular weight is 221 g/mol. The molecule has 0 amide bonds. The van der Waals surface area contributed by atoms with Gasteiger partial charge >= 0.3 is 0 Å². The third-order valence-electron chi connectivity index (χ3n) is 2.39. The third-order valence-corrected chi connectivity index (χ3v) is 2.39. The summed E-state index contributed by atoms with van der Waals surface area (Å²) in [7, 11) is 0. The fourth-order valence-electron chi connectivity index (χ4n) is 1.35. The predicted molar refractivity (Wildman–Crippen MR) is 69.5 cm³/mol. The van der Waals surface area contributed by atoms with Gasteiger partial charge < -0.3 is 0 Å². The van der Waals surface area contributed by atoms with Gasteiger partial charge in [-0.2, -0.15) is 4.99 Å². The summed E-state index contributed by atoms with van der Waals surface area (Å²) in [5.74, 6) is 0. The standard InChI is InChI=1S/C15H13N2/c1-12-3-7-14(8-4-12)16-11-17-15-9-5-13(2)6-10-15/h3-7H,9H2,1-2H3/q+1. The van der Waals surface area contributed by atoms with Gasteiger partial charge in [0.25, 0.3) is 0 Å². The van der Waals surface area contributed by atoms with E-state index in [9.17, 15) is 0 Å². The fraction of sp³-hybridized carbons (Fsp3) is 0.200. The molecule has 2 aliphatic rings. The predicted octanol–water partition coefficient (Wildman–Crippen LogP) is 3.75. The van der Waals surface area contributed by atoms with Crippen molar-refractivity contribution in [3.63, 3.8) is 0 Å². The highest BCUT2D eigenvalue weighted by molar-refractivity contribution is 5.49. The summed E-state index contributed by atoms with van der Waals surface area (Å²) in [5.41, 5.74) is 10.1. The van der Waals surface area contributed by atoms with Crippen LogP contribution >= 0.6 is 0 Å². The molecule has 0 saturated carbocycles. The Bertz CT molecular complexity index is 528. The van der Waals surface area contributed by atoms with Gasteiger partial charge in [0.05, 0.1) is 29.5 Å². The van der Waals surface area contributed by atoms with Crippen LogP contribution in [0.1, 0.15) is 20.3 Å². The molecule has 0 aromatic rings. The first kappa shape index (κ1) is 11.3. The summed E-state index contributed by atoms with van der Waals surface area (Å²) >= 11 is 0. The first-order chi connectivity index (χ1) is 8.24. The maximum atomic E-state index is 4.13. The topological polar surface area (TPSA) is 24.7 Å². The van der Waals surface area contributed by atoms with Crippen molar-refractivity contribution in [3.8, 4) is 0 Å². The van der Waals surface area contributed by atoms with Crippen LogP contribution in [0, 0.1) is 6.42 Å². The van der Waals surface area contributed by atoms with Crippen molar-refractivity contribution in [2.45, 2.75) is 20.3 Å². The molecule has 0 atom stereocenters. The Balaban J connectivity index is 2.08. The summed E-state index contributed by atoms with van der Waals surface area (Å²) in [6, 6.07) is 2.68. The van der Waals surface area contributed by atoms with E-state index >= 15 is 0 Å². The number of nitrogens with zero attached hydrogens (tertiary/aromatic N) is 2. The maximum Gasteiger partial charge on any atom is 0.238 e. The van der Waals surface area contributed by atoms with Crippen LogP contribution in [0.25, 0.3) is 0 Å². The van der Waals surface area contributed by atoms with E-state index < -0.39 is 0 Å². The van der Waals surface area contributed by atoms with Gasteiger partial charge in [-0.05, 0) is 18.6 Å². The zero-order valence-electron chi connectivity index (χ0n) is 9.99. The van der Waals surface area contributed by atoms with Crippen LogP contribution in [-0.2, 0) is 0 Å². The second-order valence-electron chi connectivity index (χ2n) is 3.96. The number of hydrogen-bond acceptors (Lipinski definition) is 2. The zero-order valence-corrected chi connectivity index (χ0v) is 9.99. The van der Waals surface area contributed by atoms with Gasteiger partial charge in [0, 0.05) is 13.3 Å². The molecule has 2 rings (SSSR count). The van der Waals surface area contributed by atoms with E-state index in [1.54, 1.807) is 0 Å². The normalized spacial score (nSPS) is 17.1. The lowest BCUT2D eigenvalue weighted by Gasteiger charge is -1.97. The molecule has 0 N–H and O–H groups in total. The minimum Gasteiger partial charge on any atom is -0.183 e. The zero-order chi connectivity index (χ0) is 12.1. The third kappa shape index (κ3) is 3.38. The minimum atomic E-state index is 0.742. The molecule has 0 aromatic heterocycles. The van der Waals surface area contributed by atoms with Crippen LogP contribution in [0.15, 0.2) is 68.3 Å². The second kappa shape index (κ2) is 5.21. The summed E-state index contributed by atoms with van der Waals surface area (Å²) in [4.78, 5) is 8.22. The Labute approximate surface area is 101 Å². The molecule has 0 unspecified atom stereocenters. The van der Waals surface area contributed by atoms with E-state index in [2.05, 4.69) is 33.5 Å². The van der Waals surface area contributed by atoms with E-state index in [1.807, 2.05) is 38.5 Å². The summed E-state index contributed by atoms with van der Waals surface area (Å²) in [5, 5.41) is 0. The smallest absolute Gasteiger partial charge is 0.183 e. The molecule has 0 bridgehead atoms. The summed E-state index contributed by atoms with van der Waals surface area (Å²) in [6.45, 7) is 4.06. The Morgan fingerprint density at radius 1 is 1.18 bits per heavy atom. The lowest BCUT2D eigenvalue weighted by Crippen LogP contribution is -1.83. The first-order valence-electron chi connectivity index (χ1n) is 5.51. The molecule has 0 saturated heterocycles. The van der Waals surface area contributed by atoms with Crippen molar-refractivity contribution >= 4 is 6.01 Å². The van der Waals surface area contributed by atoms with Gasteiger partial charge in [-0.15, -0.1) is 4.99 Å². The summed E-state index contributed by atoms with van der Waals surface area (Å²) < 4.78 is 0. The van der Waals surface area contributed by atoms with Crippen molar-refractivity contribution in [2.24, 2.45) is 9.98 Å². The molecular formula is C15H13N2+. The molecule has 2 aliphatic carbocycles. The van der Waals surface area contributed by atoms with Crippen LogP contribution in [0.3, 0.4) is 0 Å². The van der Waals surface area contributed by atoms with E-state index in [0.717, 1.165) is 17.8 Å². The van der Waals surface area contributed by atoms with E-state index in [1.165, 1.54) is 11.1 Å². The number of hydrogen-bond donors (Lipinski definition) is 0. The lowest BCUT2D eigenvalue weighted by molar-refractivity contribution is 1.14. The highest BCUT2D eigenvalue weighted by Crippen LogP contribution is 2.12. The number of rotatable bonds is 2. The molecule has 0 heterocycles. The van der Waals surface area contributed by atoms with E-state index in [4.69, 9.17) is 0 Å². The van der Waals surface area contributed by atoms with Gasteiger partial charge in [-0.3, -0.25) is 0 Å². The van der Waals surface area contributed by atoms with Crippen molar-refractivity contribution in [2.75, 3.05) is 0 Å². The largest absolute Gasteiger partial charge is 0.238 e. The minimum absolute atomic E-state index is 0.742. The van der Waals surface area contributed by atoms with Gasteiger partial charge in [0.2, 0.25) is 5.70 Å². The molecule has 2 nitrogen and oxygen atoms in total. The second-order valence-corrected chi connectivity index (χ2v) is 3.96. The molecule has 0 aliphatic heterocycles. The maximum absolute atomic E-state index is 4.13. The van der Waals surface area contributed by atoms with E-state index in [-0.39, 0.29) is 0 Å². The highest BCUT2D eigenvalue weighted by atomic mass is 14.8. The average Bonchev–Trinajstić information content (AvgIpc) is 2.34. The Morgan fingerprint density at radius 2 is 2.00 bits per heavy atom. The Morgan fingerprint density at radius 3 is 2.65 bits per heavy atom. The molecule has 2 heteroatoms. The van der Waals surface area contributed by atoms with Crippen LogP contribution in [0.2, 0.25) is 0 Å². The monoisotopic (exact) mass is 221 g/mol. The summed E-state index contributed by atoms with van der Waals surface area (Å²) in [6.07, 6.45) is 10.6. The SMILES string of the molecule is CC1=C[CH+]C(N=C=NC2=C=CC(C)=CC2)=C=C1. The fourth-order valence-corrected chi connectivity index (χ4v) is 1.35. The van der Waals surface area contributed by atoms with Gasteiger partial charge in [0.1, 0.15) is 12.1 Å². The number of allylic oxidation sites excluding steroid dienone is 4. The van der Waals surface area contributed by atoms with Gasteiger partial charge in [0.15, 0.2) is 0 Å².